The summed E-state index contributed by atoms with van der Waals surface area (Å²) in [4.78, 5) is 14.4. The Labute approximate surface area is 477 Å². The lowest BCUT2D eigenvalue weighted by Crippen LogP contribution is -2.74. The summed E-state index contributed by atoms with van der Waals surface area (Å²) in [5, 5.41) is 102. The standard InChI is InChI=1S/C59H96O22/c1-29-20-30(2)24-40(60)43(72-15)27-42(77-55(67)34(6)25-39(71-14)23-31(3)22-33(5)50(32(4)21-29)79-56-49(64)48(63)47(62)36(8)76-56)35(7)59(69)54(73-16)53(66)58(12,44(80-59)18-17-19-70-13)81-45-26-41(61)51(37(9)74-45)78-46-28-57(11,68)52(65)38(10)75-46/h20-25,33,35-38,40-54,56,60-66,68-69H,17-19,26-28H2,1-16H3/b29-20+,30-24+,31-22+,32-21+,34-25+,39-23-/t33?,35-,36+,37?,38?,40?,41-,42+,43?,44-,45+,46+,47+,48?,49+,50?,51-,52-,53?,54?,56?,57+,58-,59+/m1/s1. The maximum Gasteiger partial charge on any atom is 0.334 e. The van der Waals surface area contributed by atoms with Crippen molar-refractivity contribution in [2.45, 2.75) is 249 Å². The smallest absolute Gasteiger partial charge is 0.334 e. The van der Waals surface area contributed by atoms with Crippen LogP contribution in [0.2, 0.25) is 0 Å². The van der Waals surface area contributed by atoms with E-state index in [0.717, 1.165) is 11.1 Å². The molecule has 0 amide bonds. The lowest BCUT2D eigenvalue weighted by atomic mass is 9.75. The van der Waals surface area contributed by atoms with Crippen LogP contribution in [-0.4, -0.2) is 220 Å². The fourth-order valence-electron chi connectivity index (χ4n) is 11.7. The highest BCUT2D eigenvalue weighted by atomic mass is 16.7. The first-order chi connectivity index (χ1) is 37.8. The van der Waals surface area contributed by atoms with Crippen molar-refractivity contribution in [3.05, 3.63) is 70.1 Å². The summed E-state index contributed by atoms with van der Waals surface area (Å²) in [6.07, 6.45) is -11.8. The Morgan fingerprint density at radius 1 is 0.716 bits per heavy atom. The van der Waals surface area contributed by atoms with E-state index in [9.17, 15) is 50.8 Å². The second-order valence-electron chi connectivity index (χ2n) is 23.4. The third-order valence-corrected chi connectivity index (χ3v) is 16.5. The van der Waals surface area contributed by atoms with E-state index in [1.165, 1.54) is 48.4 Å². The van der Waals surface area contributed by atoms with Crippen LogP contribution in [0.3, 0.4) is 0 Å². The second kappa shape index (κ2) is 29.4. The van der Waals surface area contributed by atoms with Gasteiger partial charge in [-0.2, -0.15) is 0 Å². The fraction of sp³-hybridized carbons (Fsp3) is 0.780. The minimum absolute atomic E-state index is 0.0661. The Bertz CT molecular complexity index is 2230. The molecule has 24 atom stereocenters. The average Bonchev–Trinajstić information content (AvgIpc) is 3.57. The Balaban J connectivity index is 1.49. The lowest BCUT2D eigenvalue weighted by Gasteiger charge is -2.57. The van der Waals surface area contributed by atoms with Crippen molar-refractivity contribution >= 4 is 5.97 Å². The van der Waals surface area contributed by atoms with E-state index >= 15 is 0 Å². The molecule has 5 aliphatic heterocycles. The molecule has 0 bridgehead atoms. The van der Waals surface area contributed by atoms with Crippen LogP contribution in [0.5, 0.6) is 0 Å². The minimum atomic E-state index is -2.44. The topological polar surface area (TPSA) is 310 Å². The van der Waals surface area contributed by atoms with Crippen molar-refractivity contribution in [3.8, 4) is 0 Å². The van der Waals surface area contributed by atoms with Crippen LogP contribution in [-0.2, 0) is 61.6 Å². The fourth-order valence-corrected chi connectivity index (χ4v) is 11.7. The Morgan fingerprint density at radius 3 is 1.98 bits per heavy atom. The van der Waals surface area contributed by atoms with Crippen molar-refractivity contribution in [2.75, 3.05) is 35.0 Å². The van der Waals surface area contributed by atoms with Gasteiger partial charge in [0.25, 0.3) is 0 Å². The van der Waals surface area contributed by atoms with E-state index in [-0.39, 0.29) is 43.6 Å². The molecule has 10 unspecified atom stereocenters. The number of allylic oxidation sites excluding steroid dienone is 7. The highest BCUT2D eigenvalue weighted by Gasteiger charge is 2.64. The number of carbonyl (C=O) groups excluding carboxylic acids is 1. The SMILES string of the molecule is COCCC[C@H]1O[C@@](O)([C@H](C)[C@@H]2CC(OC)C(O)/C=C(C)/C=C(C)/C=C(\C)C(OC3O[C@@H](C)[C@H](O)C(O)[C@@H]3O)C(C)/C=C(C)/C=C(OC)/C=C(\C)C(=O)O2)C(OC)C(O)[C@]1(C)O[C@H]1C[C@@H](O)[C@H](O[C@H]2C[C@](C)(O)[C@H](O)C(C)O2)C(C)O1. The quantitative estimate of drug-likeness (QED) is 0.0840. The number of methoxy groups -OCH3 is 4. The molecule has 0 aromatic rings. The van der Waals surface area contributed by atoms with Gasteiger partial charge in [0.15, 0.2) is 18.9 Å². The highest BCUT2D eigenvalue weighted by molar-refractivity contribution is 5.88. The molecule has 22 nitrogen and oxygen atoms in total. The van der Waals surface area contributed by atoms with Gasteiger partial charge >= 0.3 is 5.97 Å². The summed E-state index contributed by atoms with van der Waals surface area (Å²) in [5.41, 5.74) is -0.327. The van der Waals surface area contributed by atoms with Crippen molar-refractivity contribution < 1.29 is 108 Å². The van der Waals surface area contributed by atoms with Crippen molar-refractivity contribution in [1.82, 2.24) is 0 Å². The van der Waals surface area contributed by atoms with Gasteiger partial charge in [-0.15, -0.1) is 0 Å². The van der Waals surface area contributed by atoms with Crippen molar-refractivity contribution in [1.29, 1.82) is 0 Å². The molecule has 81 heavy (non-hydrogen) atoms. The molecule has 4 saturated heterocycles. The van der Waals surface area contributed by atoms with Crippen LogP contribution in [0, 0.1) is 11.8 Å². The number of cyclic esters (lactones) is 1. The van der Waals surface area contributed by atoms with Crippen molar-refractivity contribution in [3.63, 3.8) is 0 Å². The third-order valence-electron chi connectivity index (χ3n) is 16.5. The second-order valence-corrected chi connectivity index (χ2v) is 23.4. The zero-order valence-corrected chi connectivity index (χ0v) is 50.2. The van der Waals surface area contributed by atoms with Crippen LogP contribution in [0.15, 0.2) is 70.1 Å². The zero-order valence-electron chi connectivity index (χ0n) is 50.2. The third kappa shape index (κ3) is 16.7. The van der Waals surface area contributed by atoms with E-state index in [1.807, 2.05) is 45.9 Å². The Hall–Kier alpha value is -3.05. The van der Waals surface area contributed by atoms with Gasteiger partial charge < -0.3 is 103 Å². The number of carbonyl (C=O) groups is 1. The molecule has 4 fully saturated rings. The summed E-state index contributed by atoms with van der Waals surface area (Å²) >= 11 is 0. The van der Waals surface area contributed by atoms with E-state index in [1.54, 1.807) is 53.7 Å². The summed E-state index contributed by atoms with van der Waals surface area (Å²) in [6, 6.07) is 0. The minimum Gasteiger partial charge on any atom is -0.497 e. The van der Waals surface area contributed by atoms with E-state index < -0.39 is 151 Å². The molecule has 22 heteroatoms. The average molecular weight is 1160 g/mol. The van der Waals surface area contributed by atoms with Crippen molar-refractivity contribution in [2.24, 2.45) is 11.8 Å². The number of esters is 1. The number of hydrogen-bond acceptors (Lipinski definition) is 22. The van der Waals surface area contributed by atoms with Gasteiger partial charge in [0.05, 0.1) is 67.5 Å². The molecule has 5 aliphatic rings. The maximum atomic E-state index is 14.4. The van der Waals surface area contributed by atoms with E-state index in [4.69, 9.17) is 56.8 Å². The summed E-state index contributed by atoms with van der Waals surface area (Å²) in [6.45, 7) is 20.5. The number of ether oxygens (including phenoxy) is 12. The first-order valence-electron chi connectivity index (χ1n) is 28.1. The normalized spacial score (nSPS) is 47.2. The monoisotopic (exact) mass is 1160 g/mol. The van der Waals surface area contributed by atoms with Gasteiger partial charge in [-0.25, -0.2) is 4.79 Å². The molecule has 464 valence electrons. The molecule has 0 aromatic carbocycles. The number of rotatable bonds is 15. The predicted octanol–water partition coefficient (Wildman–Crippen LogP) is 3.22. The zero-order chi connectivity index (χ0) is 60.6. The molecule has 0 aromatic heterocycles. The summed E-state index contributed by atoms with van der Waals surface area (Å²) in [5.74, 6) is -4.64. The Kier molecular flexibility index (Phi) is 24.9. The van der Waals surface area contributed by atoms with Crippen LogP contribution in [0.1, 0.15) is 115 Å². The van der Waals surface area contributed by atoms with E-state index in [2.05, 4.69) is 0 Å². The molecular weight excluding hydrogens is 1060 g/mol. The van der Waals surface area contributed by atoms with Crippen LogP contribution in [0.4, 0.5) is 0 Å². The molecule has 9 N–H and O–H groups in total. The highest BCUT2D eigenvalue weighted by Crippen LogP contribution is 2.47. The summed E-state index contributed by atoms with van der Waals surface area (Å²) in [7, 11) is 5.64. The van der Waals surface area contributed by atoms with Gasteiger partial charge in [0.1, 0.15) is 60.2 Å². The largest absolute Gasteiger partial charge is 0.497 e. The number of aliphatic hydroxyl groups excluding tert-OH is 7. The first kappa shape index (κ1) is 68.7. The van der Waals surface area contributed by atoms with Gasteiger partial charge in [-0.1, -0.05) is 54.9 Å². The van der Waals surface area contributed by atoms with Crippen LogP contribution in [0.25, 0.3) is 0 Å². The van der Waals surface area contributed by atoms with Gasteiger partial charge in [0, 0.05) is 58.7 Å². The molecule has 0 radical (unpaired) electrons. The maximum absolute atomic E-state index is 14.4. The van der Waals surface area contributed by atoms with E-state index in [0.29, 0.717) is 17.6 Å². The van der Waals surface area contributed by atoms with Gasteiger partial charge in [-0.05, 0) is 99.8 Å². The first-order valence-corrected chi connectivity index (χ1v) is 28.1. The van der Waals surface area contributed by atoms with Gasteiger partial charge in [-0.3, -0.25) is 0 Å². The molecule has 0 aliphatic carbocycles. The molecule has 5 rings (SSSR count). The number of aliphatic hydroxyl groups is 9. The molecule has 5 heterocycles. The predicted molar refractivity (Wildman–Crippen MR) is 293 cm³/mol. The Morgan fingerprint density at radius 2 is 1.37 bits per heavy atom. The number of hydrogen-bond donors (Lipinski definition) is 9. The molecule has 0 saturated carbocycles. The molecule has 0 spiro atoms. The summed E-state index contributed by atoms with van der Waals surface area (Å²) < 4.78 is 73.2. The van der Waals surface area contributed by atoms with Crippen LogP contribution >= 0.6 is 0 Å². The van der Waals surface area contributed by atoms with Crippen LogP contribution < -0.4 is 0 Å². The molecular formula is C59H96O22. The van der Waals surface area contributed by atoms with Gasteiger partial charge in [0.2, 0.25) is 5.79 Å². The lowest BCUT2D eigenvalue weighted by molar-refractivity contribution is -0.416.